The maximum Gasteiger partial charge on any atom is 0.344 e. The monoisotopic (exact) mass is 687 g/mol. The van der Waals surface area contributed by atoms with Crippen molar-refractivity contribution in [2.75, 3.05) is 18.1 Å². The normalized spacial score (nSPS) is 11.3. The molecule has 0 spiro atoms. The van der Waals surface area contributed by atoms with Crippen LogP contribution in [-0.2, 0) is 27.3 Å². The van der Waals surface area contributed by atoms with Crippen molar-refractivity contribution < 1.29 is 23.8 Å². The van der Waals surface area contributed by atoms with Crippen LogP contribution < -0.4 is 14.4 Å². The van der Waals surface area contributed by atoms with Crippen LogP contribution in [0.25, 0.3) is 16.8 Å². The predicted molar refractivity (Wildman–Crippen MR) is 192 cm³/mol. The molecule has 0 aliphatic heterocycles. The van der Waals surface area contributed by atoms with Crippen molar-refractivity contribution >= 4 is 46.1 Å². The number of carbonyl (C=O) groups is 2. The fourth-order valence-electron chi connectivity index (χ4n) is 5.45. The topological polar surface area (TPSA) is 82.4 Å². The minimum absolute atomic E-state index is 0.0133. The van der Waals surface area contributed by atoms with Gasteiger partial charge in [0, 0.05) is 30.7 Å². The fraction of sp³-hybridized carbons (Fsp3) is 0.342. The van der Waals surface area contributed by atoms with Crippen LogP contribution in [-0.4, -0.2) is 40.6 Å². The number of imidazole rings is 1. The highest BCUT2D eigenvalue weighted by atomic mass is 35.5. The maximum atomic E-state index is 13.9. The number of pyridine rings is 1. The summed E-state index contributed by atoms with van der Waals surface area (Å²) in [6.45, 7) is 10.2. The Hall–Kier alpha value is -4.34. The number of fused-ring (bicyclic) bond motifs is 1. The minimum Gasteiger partial charge on any atom is -0.491 e. The molecule has 1 amide bonds. The summed E-state index contributed by atoms with van der Waals surface area (Å²) in [7, 11) is 0. The molecule has 3 heterocycles. The molecule has 0 unspecified atom stereocenters. The number of aromatic nitrogens is 2. The third-order valence-corrected chi connectivity index (χ3v) is 8.75. The summed E-state index contributed by atoms with van der Waals surface area (Å²) < 4.78 is 19.0. The molecule has 0 aliphatic rings. The average molecular weight is 688 g/mol. The summed E-state index contributed by atoms with van der Waals surface area (Å²) >= 11 is 8.47. The molecule has 5 rings (SSSR count). The van der Waals surface area contributed by atoms with E-state index in [4.69, 9.17) is 30.8 Å². The Bertz CT molecular complexity index is 1850. The van der Waals surface area contributed by atoms with Gasteiger partial charge in [-0.3, -0.25) is 4.79 Å². The molecule has 8 nitrogen and oxygen atoms in total. The molecule has 0 bridgehead atoms. The van der Waals surface area contributed by atoms with Gasteiger partial charge in [-0.05, 0) is 97.5 Å². The van der Waals surface area contributed by atoms with Gasteiger partial charge in [0.2, 0.25) is 5.91 Å². The summed E-state index contributed by atoms with van der Waals surface area (Å²) in [5.74, 6) is 1.11. The third kappa shape index (κ3) is 8.76. The van der Waals surface area contributed by atoms with E-state index in [0.717, 1.165) is 40.1 Å². The van der Waals surface area contributed by atoms with E-state index in [-0.39, 0.29) is 31.8 Å². The summed E-state index contributed by atoms with van der Waals surface area (Å²) in [5, 5.41) is 4.56. The molecule has 252 valence electrons. The van der Waals surface area contributed by atoms with Crippen LogP contribution in [0.5, 0.6) is 11.5 Å². The van der Waals surface area contributed by atoms with Crippen LogP contribution in [0.15, 0.2) is 77.6 Å². The standard InChI is InChI=1S/C38H42ClN3O5S/c1-6-45-38(44)23-46-35-14-11-27(28-16-18-48-24-28)19-29(35)20-34-32(40-36-9-7-8-17-41(34)36)22-42(37(43)15-10-25(2)3)33-13-12-30(21-31(33)39)47-26(4)5/h7-9,11-14,16-19,21,24-26H,6,10,15,20,22-23H2,1-5H3. The molecule has 0 atom stereocenters. The summed E-state index contributed by atoms with van der Waals surface area (Å²) in [6.07, 6.45) is 3.50. The molecule has 2 aromatic carbocycles. The number of carbonyl (C=O) groups excluding carboxylic acids is 2. The molecule has 48 heavy (non-hydrogen) atoms. The van der Waals surface area contributed by atoms with E-state index in [1.807, 2.05) is 72.3 Å². The summed E-state index contributed by atoms with van der Waals surface area (Å²) in [6, 6.07) is 19.3. The molecule has 0 saturated carbocycles. The van der Waals surface area contributed by atoms with Gasteiger partial charge in [-0.2, -0.15) is 11.3 Å². The van der Waals surface area contributed by atoms with E-state index in [2.05, 4.69) is 31.4 Å². The van der Waals surface area contributed by atoms with E-state index >= 15 is 0 Å². The van der Waals surface area contributed by atoms with Gasteiger partial charge in [0.25, 0.3) is 0 Å². The molecule has 0 fully saturated rings. The number of anilines is 1. The highest BCUT2D eigenvalue weighted by Gasteiger charge is 2.24. The van der Waals surface area contributed by atoms with Crippen LogP contribution in [0, 0.1) is 5.92 Å². The number of thiophene rings is 1. The molecular weight excluding hydrogens is 646 g/mol. The minimum atomic E-state index is -0.432. The smallest absolute Gasteiger partial charge is 0.344 e. The zero-order valence-corrected chi connectivity index (χ0v) is 29.6. The van der Waals surface area contributed by atoms with Crippen molar-refractivity contribution in [2.24, 2.45) is 5.92 Å². The van der Waals surface area contributed by atoms with Crippen molar-refractivity contribution in [1.82, 2.24) is 9.38 Å². The van der Waals surface area contributed by atoms with Crippen LogP contribution in [0.4, 0.5) is 5.69 Å². The van der Waals surface area contributed by atoms with Gasteiger partial charge in [0.15, 0.2) is 6.61 Å². The zero-order chi connectivity index (χ0) is 34.2. The van der Waals surface area contributed by atoms with Gasteiger partial charge < -0.3 is 23.5 Å². The molecule has 5 aromatic rings. The van der Waals surface area contributed by atoms with E-state index in [1.165, 1.54) is 0 Å². The molecule has 0 radical (unpaired) electrons. The van der Waals surface area contributed by atoms with Gasteiger partial charge in [0.1, 0.15) is 17.1 Å². The lowest BCUT2D eigenvalue weighted by Crippen LogP contribution is -2.31. The first-order valence-corrected chi connectivity index (χ1v) is 17.6. The predicted octanol–water partition coefficient (Wildman–Crippen LogP) is 9.01. The Morgan fingerprint density at radius 2 is 1.85 bits per heavy atom. The fourth-order valence-corrected chi connectivity index (χ4v) is 6.39. The quantitative estimate of drug-likeness (QED) is 0.102. The van der Waals surface area contributed by atoms with Crippen LogP contribution in [0.3, 0.4) is 0 Å². The third-order valence-electron chi connectivity index (χ3n) is 7.76. The van der Waals surface area contributed by atoms with Gasteiger partial charge in [-0.25, -0.2) is 9.78 Å². The SMILES string of the molecule is CCOC(=O)COc1ccc(-c2ccsc2)cc1Cc1c(CN(C(=O)CCC(C)C)c2ccc(OC(C)C)cc2Cl)nc2ccccn12. The van der Waals surface area contributed by atoms with Gasteiger partial charge in [0.05, 0.1) is 41.4 Å². The number of esters is 1. The van der Waals surface area contributed by atoms with Gasteiger partial charge >= 0.3 is 5.97 Å². The van der Waals surface area contributed by atoms with Crippen LogP contribution in [0.2, 0.25) is 5.02 Å². The molecule has 3 aromatic heterocycles. The Balaban J connectivity index is 1.57. The number of hydrogen-bond acceptors (Lipinski definition) is 7. The Kier molecular flexibility index (Phi) is 11.8. The lowest BCUT2D eigenvalue weighted by molar-refractivity contribution is -0.145. The van der Waals surface area contributed by atoms with E-state index in [1.54, 1.807) is 29.2 Å². The molecule has 10 heteroatoms. The molecular formula is C38H42ClN3O5S. The number of nitrogens with zero attached hydrogens (tertiary/aromatic N) is 3. The van der Waals surface area contributed by atoms with Crippen molar-refractivity contribution in [2.45, 2.75) is 66.5 Å². The second-order valence-corrected chi connectivity index (χ2v) is 13.4. The highest BCUT2D eigenvalue weighted by molar-refractivity contribution is 7.08. The lowest BCUT2D eigenvalue weighted by atomic mass is 10.0. The van der Waals surface area contributed by atoms with E-state index in [9.17, 15) is 9.59 Å². The first-order chi connectivity index (χ1) is 23.1. The average Bonchev–Trinajstić information content (AvgIpc) is 3.71. The number of rotatable bonds is 15. The van der Waals surface area contributed by atoms with Gasteiger partial charge in [-0.15, -0.1) is 0 Å². The second kappa shape index (κ2) is 16.2. The van der Waals surface area contributed by atoms with Crippen molar-refractivity contribution in [1.29, 1.82) is 0 Å². The number of amides is 1. The lowest BCUT2D eigenvalue weighted by Gasteiger charge is -2.25. The largest absolute Gasteiger partial charge is 0.491 e. The number of benzene rings is 2. The second-order valence-electron chi connectivity index (χ2n) is 12.2. The number of hydrogen-bond donors (Lipinski definition) is 0. The van der Waals surface area contributed by atoms with Crippen molar-refractivity contribution in [3.63, 3.8) is 0 Å². The number of halogens is 1. The number of ether oxygens (including phenoxy) is 3. The van der Waals surface area contributed by atoms with Crippen molar-refractivity contribution in [3.8, 4) is 22.6 Å². The summed E-state index contributed by atoms with van der Waals surface area (Å²) in [5.41, 5.74) is 5.99. The molecule has 0 N–H and O–H groups in total. The van der Waals surface area contributed by atoms with E-state index in [0.29, 0.717) is 41.0 Å². The van der Waals surface area contributed by atoms with Crippen LogP contribution >= 0.6 is 22.9 Å². The molecule has 0 saturated heterocycles. The van der Waals surface area contributed by atoms with Crippen molar-refractivity contribution in [3.05, 3.63) is 99.6 Å². The van der Waals surface area contributed by atoms with Crippen LogP contribution in [0.1, 0.15) is 64.4 Å². The van der Waals surface area contributed by atoms with Gasteiger partial charge in [-0.1, -0.05) is 37.6 Å². The summed E-state index contributed by atoms with van der Waals surface area (Å²) in [4.78, 5) is 32.9. The highest BCUT2D eigenvalue weighted by Crippen LogP contribution is 2.34. The Labute approximate surface area is 291 Å². The Morgan fingerprint density at radius 3 is 2.56 bits per heavy atom. The Morgan fingerprint density at radius 1 is 1.02 bits per heavy atom. The molecule has 0 aliphatic carbocycles. The first-order valence-electron chi connectivity index (χ1n) is 16.3. The first kappa shape index (κ1) is 35.0. The maximum absolute atomic E-state index is 13.9. The van der Waals surface area contributed by atoms with E-state index < -0.39 is 5.97 Å². The zero-order valence-electron chi connectivity index (χ0n) is 28.1.